The van der Waals surface area contributed by atoms with Crippen LogP contribution in [0.5, 0.6) is 0 Å². The largest absolute Gasteiger partial charge is 0.481 e. The average Bonchev–Trinajstić information content (AvgIpc) is 2.71. The average molecular weight is 506 g/mol. The summed E-state index contributed by atoms with van der Waals surface area (Å²) in [5, 5.41) is 12.0. The van der Waals surface area contributed by atoms with Crippen LogP contribution < -0.4 is 10.5 Å². The SMILES string of the molecule is COCc1ccc([C@@H](NC(=O)CC(C)(C)C(=O)O)C(=O)Cc2cc(F)c([Si](C)(C)C)c(F)c2)cc1. The Morgan fingerprint density at radius 2 is 1.57 bits per heavy atom. The van der Waals surface area contributed by atoms with Gasteiger partial charge in [0.05, 0.1) is 20.1 Å². The number of hydrogen-bond acceptors (Lipinski definition) is 4. The Morgan fingerprint density at radius 1 is 1.03 bits per heavy atom. The van der Waals surface area contributed by atoms with E-state index in [0.717, 1.165) is 5.56 Å². The van der Waals surface area contributed by atoms with E-state index in [1.165, 1.54) is 26.0 Å². The summed E-state index contributed by atoms with van der Waals surface area (Å²) in [6.45, 7) is 8.68. The van der Waals surface area contributed by atoms with Crippen LogP contribution in [-0.4, -0.2) is 37.9 Å². The number of aliphatic carboxylic acids is 1. The summed E-state index contributed by atoms with van der Waals surface area (Å²) in [4.78, 5) is 37.4. The molecule has 2 rings (SSSR count). The van der Waals surface area contributed by atoms with E-state index in [9.17, 15) is 28.3 Å². The number of carboxylic acids is 1. The predicted octanol–water partition coefficient (Wildman–Crippen LogP) is 4.13. The molecule has 0 spiro atoms. The third-order valence-electron chi connectivity index (χ3n) is 5.66. The highest BCUT2D eigenvalue weighted by molar-refractivity contribution is 6.88. The van der Waals surface area contributed by atoms with E-state index >= 15 is 0 Å². The Morgan fingerprint density at radius 3 is 2.03 bits per heavy atom. The number of Topliss-reactive ketones (excluding diaryl/α,β-unsaturated/α-hetero) is 1. The van der Waals surface area contributed by atoms with Gasteiger partial charge in [0.2, 0.25) is 5.91 Å². The Labute approximate surface area is 205 Å². The van der Waals surface area contributed by atoms with Gasteiger partial charge in [0, 0.05) is 25.1 Å². The number of methoxy groups -OCH3 is 1. The molecule has 0 aliphatic carbocycles. The molecule has 2 N–H and O–H groups in total. The van der Waals surface area contributed by atoms with Crippen molar-refractivity contribution in [2.45, 2.75) is 59.0 Å². The predicted molar refractivity (Wildman–Crippen MR) is 132 cm³/mol. The fourth-order valence-corrected chi connectivity index (χ4v) is 5.34. The van der Waals surface area contributed by atoms with Crippen LogP contribution >= 0.6 is 0 Å². The molecule has 6 nitrogen and oxygen atoms in total. The third-order valence-corrected chi connectivity index (χ3v) is 7.64. The maximum Gasteiger partial charge on any atom is 0.309 e. The first kappa shape index (κ1) is 28.3. The number of nitrogens with one attached hydrogen (secondary N) is 1. The second-order valence-electron chi connectivity index (χ2n) is 10.4. The second kappa shape index (κ2) is 11.2. The summed E-state index contributed by atoms with van der Waals surface area (Å²) in [5.41, 5.74) is 0.148. The van der Waals surface area contributed by atoms with Crippen molar-refractivity contribution < 1.29 is 33.0 Å². The minimum Gasteiger partial charge on any atom is -0.481 e. The van der Waals surface area contributed by atoms with E-state index in [1.807, 2.05) is 19.6 Å². The maximum absolute atomic E-state index is 14.7. The molecule has 2 aromatic rings. The number of rotatable bonds is 11. The van der Waals surface area contributed by atoms with Gasteiger partial charge in [0.25, 0.3) is 0 Å². The lowest BCUT2D eigenvalue weighted by molar-refractivity contribution is -0.149. The van der Waals surface area contributed by atoms with Gasteiger partial charge in [-0.1, -0.05) is 43.9 Å². The molecule has 0 aliphatic rings. The Hall–Kier alpha value is -2.91. The fourth-order valence-electron chi connectivity index (χ4n) is 3.76. The molecule has 0 saturated heterocycles. The van der Waals surface area contributed by atoms with Crippen LogP contribution in [0.1, 0.15) is 43.0 Å². The first-order chi connectivity index (χ1) is 16.2. The van der Waals surface area contributed by atoms with Gasteiger partial charge in [-0.3, -0.25) is 14.4 Å². The van der Waals surface area contributed by atoms with Crippen LogP contribution in [0.25, 0.3) is 0 Å². The van der Waals surface area contributed by atoms with Crippen molar-refractivity contribution in [3.8, 4) is 0 Å². The second-order valence-corrected chi connectivity index (χ2v) is 15.4. The van der Waals surface area contributed by atoms with Gasteiger partial charge in [-0.25, -0.2) is 8.78 Å². The van der Waals surface area contributed by atoms with Crippen LogP contribution in [0.4, 0.5) is 8.78 Å². The highest BCUT2D eigenvalue weighted by Gasteiger charge is 2.32. The van der Waals surface area contributed by atoms with Gasteiger partial charge < -0.3 is 15.2 Å². The molecule has 0 heterocycles. The van der Waals surface area contributed by atoms with Crippen LogP contribution in [0.2, 0.25) is 19.6 Å². The molecule has 2 aromatic carbocycles. The molecule has 0 fully saturated rings. The van der Waals surface area contributed by atoms with Crippen LogP contribution in [0.3, 0.4) is 0 Å². The zero-order valence-corrected chi connectivity index (χ0v) is 22.0. The standard InChI is InChI=1S/C26H33F2NO5Si/c1-26(2,25(32)33)14-22(31)29-23(18-9-7-16(8-10-18)15-34-3)21(30)13-17-11-19(27)24(20(28)12-17)35(4,5)6/h7-12,23H,13-15H2,1-6H3,(H,29,31)(H,32,33)/t23-/m1/s1. The number of hydrogen-bond donors (Lipinski definition) is 2. The molecule has 0 unspecified atom stereocenters. The summed E-state index contributed by atoms with van der Waals surface area (Å²) >= 11 is 0. The van der Waals surface area contributed by atoms with Crippen molar-refractivity contribution in [2.24, 2.45) is 5.41 Å². The lowest BCUT2D eigenvalue weighted by Gasteiger charge is -2.23. The highest BCUT2D eigenvalue weighted by Crippen LogP contribution is 2.23. The van der Waals surface area contributed by atoms with Gasteiger partial charge in [-0.15, -0.1) is 0 Å². The van der Waals surface area contributed by atoms with Gasteiger partial charge in [0.1, 0.15) is 17.7 Å². The molecule has 9 heteroatoms. The van der Waals surface area contributed by atoms with Crippen LogP contribution in [-0.2, 0) is 32.1 Å². The summed E-state index contributed by atoms with van der Waals surface area (Å²) in [6, 6.07) is 8.03. The molecule has 0 aromatic heterocycles. The molecule has 0 radical (unpaired) electrons. The molecule has 190 valence electrons. The molecule has 0 aliphatic heterocycles. The molecule has 1 amide bonds. The summed E-state index contributed by atoms with van der Waals surface area (Å²) in [6.07, 6.45) is -0.658. The molecule has 35 heavy (non-hydrogen) atoms. The van der Waals surface area contributed by atoms with Crippen LogP contribution in [0.15, 0.2) is 36.4 Å². The van der Waals surface area contributed by atoms with Gasteiger partial charge >= 0.3 is 5.97 Å². The minimum absolute atomic E-state index is 0.0724. The highest BCUT2D eigenvalue weighted by atomic mass is 28.3. The zero-order valence-electron chi connectivity index (χ0n) is 21.0. The normalized spacial score (nSPS) is 12.8. The number of amides is 1. The van der Waals surface area contributed by atoms with E-state index in [-0.39, 0.29) is 23.6 Å². The quantitative estimate of drug-likeness (QED) is 0.448. The zero-order chi connectivity index (χ0) is 26.6. The van der Waals surface area contributed by atoms with E-state index in [0.29, 0.717) is 12.2 Å². The number of benzene rings is 2. The van der Waals surface area contributed by atoms with Crippen molar-refractivity contribution in [1.29, 1.82) is 0 Å². The Balaban J connectivity index is 2.36. The number of ketones is 1. The monoisotopic (exact) mass is 505 g/mol. The van der Waals surface area contributed by atoms with Gasteiger partial charge in [0.15, 0.2) is 5.78 Å². The Bertz CT molecular complexity index is 1070. The topological polar surface area (TPSA) is 92.7 Å². The Kier molecular flexibility index (Phi) is 9.08. The molecule has 0 bridgehead atoms. The number of carbonyl (C=O) groups excluding carboxylic acids is 2. The number of halogens is 2. The van der Waals surface area contributed by atoms with Gasteiger partial charge in [-0.05, 0) is 42.7 Å². The smallest absolute Gasteiger partial charge is 0.309 e. The summed E-state index contributed by atoms with van der Waals surface area (Å²) in [5.74, 6) is -3.61. The fraction of sp³-hybridized carbons (Fsp3) is 0.423. The first-order valence-electron chi connectivity index (χ1n) is 11.3. The van der Waals surface area contributed by atoms with Crippen molar-refractivity contribution >= 4 is 30.9 Å². The van der Waals surface area contributed by atoms with Gasteiger partial charge in [-0.2, -0.15) is 0 Å². The molecular weight excluding hydrogens is 472 g/mol. The van der Waals surface area contributed by atoms with Crippen molar-refractivity contribution in [3.05, 3.63) is 64.7 Å². The van der Waals surface area contributed by atoms with Crippen molar-refractivity contribution in [3.63, 3.8) is 0 Å². The lowest BCUT2D eigenvalue weighted by atomic mass is 9.88. The van der Waals surface area contributed by atoms with E-state index in [2.05, 4.69) is 5.32 Å². The number of carboxylic acid groups (broad SMARTS) is 1. The van der Waals surface area contributed by atoms with E-state index in [4.69, 9.17) is 4.74 Å². The van der Waals surface area contributed by atoms with Crippen LogP contribution in [0, 0.1) is 17.0 Å². The van der Waals surface area contributed by atoms with E-state index < -0.39 is 48.8 Å². The minimum atomic E-state index is -2.28. The number of carbonyl (C=O) groups is 3. The van der Waals surface area contributed by atoms with Crippen molar-refractivity contribution in [1.82, 2.24) is 5.32 Å². The summed E-state index contributed by atoms with van der Waals surface area (Å²) in [7, 11) is -0.724. The number of ether oxygens (including phenoxy) is 1. The summed E-state index contributed by atoms with van der Waals surface area (Å²) < 4.78 is 34.5. The lowest BCUT2D eigenvalue weighted by Crippen LogP contribution is -2.42. The first-order valence-corrected chi connectivity index (χ1v) is 14.8. The molecule has 1 atom stereocenters. The van der Waals surface area contributed by atoms with E-state index in [1.54, 1.807) is 31.4 Å². The molecule has 0 saturated carbocycles. The van der Waals surface area contributed by atoms with Crippen molar-refractivity contribution in [2.75, 3.05) is 7.11 Å². The maximum atomic E-state index is 14.7. The third kappa shape index (κ3) is 7.53. The molecular formula is C26H33F2NO5Si.